The van der Waals surface area contributed by atoms with Crippen molar-refractivity contribution in [1.29, 1.82) is 0 Å². The van der Waals surface area contributed by atoms with Crippen molar-refractivity contribution in [3.8, 4) is 0 Å². The summed E-state index contributed by atoms with van der Waals surface area (Å²) >= 11 is 5.77. The Kier molecular flexibility index (Phi) is 2.74. The van der Waals surface area contributed by atoms with E-state index in [9.17, 15) is 8.42 Å². The Labute approximate surface area is 79.2 Å². The van der Waals surface area contributed by atoms with Crippen molar-refractivity contribution < 1.29 is 8.42 Å². The van der Waals surface area contributed by atoms with Gasteiger partial charge >= 0.3 is 0 Å². The van der Waals surface area contributed by atoms with E-state index in [1.165, 1.54) is 0 Å². The second-order valence-corrected chi connectivity index (χ2v) is 6.72. The van der Waals surface area contributed by atoms with Crippen LogP contribution >= 0.6 is 11.6 Å². The monoisotopic (exact) mass is 210 g/mol. The highest BCUT2D eigenvalue weighted by molar-refractivity contribution is 7.91. The van der Waals surface area contributed by atoms with E-state index >= 15 is 0 Å². The normalized spacial score (nSPS) is 29.1. The zero-order valence-corrected chi connectivity index (χ0v) is 9.08. The number of hydrogen-bond donors (Lipinski definition) is 0. The summed E-state index contributed by atoms with van der Waals surface area (Å²) in [7, 11) is -2.75. The molecule has 0 N–H and O–H groups in total. The van der Waals surface area contributed by atoms with Crippen LogP contribution in [0.1, 0.15) is 20.3 Å². The molecule has 0 bridgehead atoms. The number of hydrogen-bond acceptors (Lipinski definition) is 2. The fraction of sp³-hybridized carbons (Fsp3) is 1.00. The van der Waals surface area contributed by atoms with Crippen molar-refractivity contribution in [3.05, 3.63) is 0 Å². The number of sulfone groups is 1. The molecule has 1 rings (SSSR count). The largest absolute Gasteiger partial charge is 0.229 e. The topological polar surface area (TPSA) is 34.1 Å². The van der Waals surface area contributed by atoms with Crippen LogP contribution in [0.15, 0.2) is 0 Å². The summed E-state index contributed by atoms with van der Waals surface area (Å²) in [4.78, 5) is 0. The molecule has 72 valence electrons. The third-order valence-corrected chi connectivity index (χ3v) is 5.14. The van der Waals surface area contributed by atoms with Crippen molar-refractivity contribution >= 4 is 21.4 Å². The SMILES string of the molecule is CC(C)(CCl)C1CCS(=O)(=O)C1. The predicted molar refractivity (Wildman–Crippen MR) is 51.3 cm³/mol. The Morgan fingerprint density at radius 3 is 2.42 bits per heavy atom. The lowest BCUT2D eigenvalue weighted by Gasteiger charge is -2.27. The van der Waals surface area contributed by atoms with Gasteiger partial charge in [-0.05, 0) is 17.8 Å². The van der Waals surface area contributed by atoms with Crippen molar-refractivity contribution in [2.45, 2.75) is 20.3 Å². The van der Waals surface area contributed by atoms with Crippen LogP contribution in [0.2, 0.25) is 0 Å². The van der Waals surface area contributed by atoms with Crippen molar-refractivity contribution in [1.82, 2.24) is 0 Å². The summed E-state index contributed by atoms with van der Waals surface area (Å²) in [5.41, 5.74) is -0.0366. The summed E-state index contributed by atoms with van der Waals surface area (Å²) in [6.45, 7) is 4.07. The van der Waals surface area contributed by atoms with Gasteiger partial charge in [0.1, 0.15) is 0 Å². The maximum absolute atomic E-state index is 11.2. The van der Waals surface area contributed by atoms with Gasteiger partial charge in [-0.3, -0.25) is 0 Å². The lowest BCUT2D eigenvalue weighted by Crippen LogP contribution is -2.26. The maximum atomic E-state index is 11.2. The molecule has 0 radical (unpaired) electrons. The molecular weight excluding hydrogens is 196 g/mol. The molecule has 0 amide bonds. The molecule has 0 aromatic carbocycles. The van der Waals surface area contributed by atoms with E-state index in [2.05, 4.69) is 0 Å². The molecular formula is C8H15ClO2S. The molecule has 1 heterocycles. The van der Waals surface area contributed by atoms with Crippen LogP contribution in [0.5, 0.6) is 0 Å². The Balaban J connectivity index is 2.70. The lowest BCUT2D eigenvalue weighted by molar-refractivity contribution is 0.273. The highest BCUT2D eigenvalue weighted by Crippen LogP contribution is 2.36. The molecule has 1 saturated heterocycles. The van der Waals surface area contributed by atoms with E-state index in [0.717, 1.165) is 6.42 Å². The fourth-order valence-electron chi connectivity index (χ4n) is 1.52. The smallest absolute Gasteiger partial charge is 0.150 e. The molecule has 2 nitrogen and oxygen atoms in total. The van der Waals surface area contributed by atoms with E-state index in [1.807, 2.05) is 13.8 Å². The molecule has 0 spiro atoms. The second-order valence-electron chi connectivity index (χ2n) is 4.22. The Morgan fingerprint density at radius 2 is 2.08 bits per heavy atom. The molecule has 4 heteroatoms. The summed E-state index contributed by atoms with van der Waals surface area (Å²) < 4.78 is 22.3. The minimum absolute atomic E-state index is 0.0366. The van der Waals surface area contributed by atoms with Gasteiger partial charge < -0.3 is 0 Å². The third kappa shape index (κ3) is 2.13. The van der Waals surface area contributed by atoms with Gasteiger partial charge in [-0.1, -0.05) is 13.8 Å². The Morgan fingerprint density at radius 1 is 1.50 bits per heavy atom. The second kappa shape index (κ2) is 3.18. The van der Waals surface area contributed by atoms with Gasteiger partial charge in [0.25, 0.3) is 0 Å². The van der Waals surface area contributed by atoms with Crippen molar-refractivity contribution in [2.75, 3.05) is 17.4 Å². The van der Waals surface area contributed by atoms with Gasteiger partial charge in [0.05, 0.1) is 11.5 Å². The number of alkyl halides is 1. The molecule has 0 saturated carbocycles. The van der Waals surface area contributed by atoms with Crippen LogP contribution in [-0.2, 0) is 9.84 Å². The molecule has 0 aromatic rings. The minimum atomic E-state index is -2.75. The first-order valence-corrected chi connectivity index (χ1v) is 6.49. The summed E-state index contributed by atoms with van der Waals surface area (Å²) in [6, 6.07) is 0. The fourth-order valence-corrected chi connectivity index (χ4v) is 3.78. The molecule has 0 aromatic heterocycles. The standard InChI is InChI=1S/C8H15ClO2S/c1-8(2,6-9)7-3-4-12(10,11)5-7/h7H,3-6H2,1-2H3. The molecule has 1 unspecified atom stereocenters. The van der Waals surface area contributed by atoms with Crippen LogP contribution in [0, 0.1) is 11.3 Å². The lowest BCUT2D eigenvalue weighted by atomic mass is 9.80. The van der Waals surface area contributed by atoms with Crippen LogP contribution in [-0.4, -0.2) is 25.8 Å². The first kappa shape index (κ1) is 10.3. The molecule has 12 heavy (non-hydrogen) atoms. The van der Waals surface area contributed by atoms with Gasteiger partial charge in [0.15, 0.2) is 9.84 Å². The average molecular weight is 211 g/mol. The van der Waals surface area contributed by atoms with Crippen molar-refractivity contribution in [2.24, 2.45) is 11.3 Å². The Hall–Kier alpha value is 0.240. The van der Waals surface area contributed by atoms with Crippen LogP contribution in [0.25, 0.3) is 0 Å². The number of halogens is 1. The van der Waals surface area contributed by atoms with Crippen LogP contribution < -0.4 is 0 Å². The Bertz CT molecular complexity index is 256. The van der Waals surface area contributed by atoms with E-state index in [-0.39, 0.29) is 11.3 Å². The average Bonchev–Trinajstić information content (AvgIpc) is 2.31. The van der Waals surface area contributed by atoms with Gasteiger partial charge in [-0.25, -0.2) is 8.42 Å². The zero-order chi connectivity index (χ0) is 9.41. The first-order chi connectivity index (χ1) is 5.37. The van der Waals surface area contributed by atoms with Gasteiger partial charge in [0, 0.05) is 5.88 Å². The van der Waals surface area contributed by atoms with Crippen LogP contribution in [0.3, 0.4) is 0 Å². The molecule has 0 aliphatic carbocycles. The minimum Gasteiger partial charge on any atom is -0.229 e. The maximum Gasteiger partial charge on any atom is 0.150 e. The predicted octanol–water partition coefficient (Wildman–Crippen LogP) is 1.69. The highest BCUT2D eigenvalue weighted by Gasteiger charge is 2.37. The molecule has 1 aliphatic rings. The van der Waals surface area contributed by atoms with Gasteiger partial charge in [-0.15, -0.1) is 11.6 Å². The molecule has 1 atom stereocenters. The summed E-state index contributed by atoms with van der Waals surface area (Å²) in [5, 5.41) is 0. The van der Waals surface area contributed by atoms with Crippen LogP contribution in [0.4, 0.5) is 0 Å². The van der Waals surface area contributed by atoms with Gasteiger partial charge in [0.2, 0.25) is 0 Å². The summed E-state index contributed by atoms with van der Waals surface area (Å²) in [6.07, 6.45) is 0.780. The third-order valence-electron chi connectivity index (χ3n) is 2.68. The first-order valence-electron chi connectivity index (χ1n) is 4.14. The summed E-state index contributed by atoms with van der Waals surface area (Å²) in [5.74, 6) is 1.46. The molecule has 1 fully saturated rings. The molecule has 1 aliphatic heterocycles. The van der Waals surface area contributed by atoms with E-state index in [0.29, 0.717) is 17.4 Å². The quantitative estimate of drug-likeness (QED) is 0.650. The van der Waals surface area contributed by atoms with E-state index in [4.69, 9.17) is 11.6 Å². The highest BCUT2D eigenvalue weighted by atomic mass is 35.5. The van der Waals surface area contributed by atoms with E-state index < -0.39 is 9.84 Å². The van der Waals surface area contributed by atoms with Crippen molar-refractivity contribution in [3.63, 3.8) is 0 Å². The number of rotatable bonds is 2. The zero-order valence-electron chi connectivity index (χ0n) is 7.51. The van der Waals surface area contributed by atoms with Gasteiger partial charge in [-0.2, -0.15) is 0 Å². The van der Waals surface area contributed by atoms with E-state index in [1.54, 1.807) is 0 Å².